The minimum atomic E-state index is -0.748. The fourth-order valence-corrected chi connectivity index (χ4v) is 2.12. The Morgan fingerprint density at radius 2 is 1.76 bits per heavy atom. The van der Waals surface area contributed by atoms with E-state index >= 15 is 0 Å². The maximum Gasteiger partial charge on any atom is 0.251 e. The van der Waals surface area contributed by atoms with Crippen molar-refractivity contribution in [3.63, 3.8) is 0 Å². The highest BCUT2D eigenvalue weighted by Crippen LogP contribution is 2.18. The molecule has 0 aliphatic heterocycles. The van der Waals surface area contributed by atoms with Crippen LogP contribution < -0.4 is 10.6 Å². The molecule has 0 saturated carbocycles. The normalized spacial score (nSPS) is 11.5. The van der Waals surface area contributed by atoms with Crippen LogP contribution in [0.5, 0.6) is 0 Å². The van der Waals surface area contributed by atoms with Gasteiger partial charge in [-0.1, -0.05) is 48.0 Å². The highest BCUT2D eigenvalue weighted by molar-refractivity contribution is 6.30. The minimum Gasteiger partial charge on any atom is -0.341 e. The van der Waals surface area contributed by atoms with Crippen LogP contribution >= 0.6 is 11.6 Å². The summed E-state index contributed by atoms with van der Waals surface area (Å²) in [6.07, 6.45) is 0. The maximum absolute atomic E-state index is 12.4. The number of halogens is 1. The number of hydrogen-bond donors (Lipinski definition) is 2. The van der Waals surface area contributed by atoms with Gasteiger partial charge in [-0.3, -0.25) is 9.59 Å². The number of amides is 2. The predicted molar refractivity (Wildman–Crippen MR) is 83.1 cm³/mol. The van der Waals surface area contributed by atoms with Crippen molar-refractivity contribution in [3.05, 3.63) is 65.2 Å². The van der Waals surface area contributed by atoms with Crippen molar-refractivity contribution in [1.29, 1.82) is 0 Å². The van der Waals surface area contributed by atoms with E-state index < -0.39 is 6.04 Å². The second-order valence-electron chi connectivity index (χ2n) is 4.54. The van der Waals surface area contributed by atoms with Gasteiger partial charge in [-0.15, -0.1) is 0 Å². The van der Waals surface area contributed by atoms with Crippen molar-refractivity contribution < 1.29 is 9.59 Å². The molecule has 2 amide bonds. The number of carbonyl (C=O) groups excluding carboxylic acids is 2. The molecule has 0 saturated heterocycles. The molecule has 108 valence electrons. The standard InChI is InChI=1S/C16H15ClN2O2/c1-11(20)18-15(12-6-3-2-4-7-12)16(21)19-14-9-5-8-13(17)10-14/h2-10,15H,1H3,(H,18,20)(H,19,21). The van der Waals surface area contributed by atoms with Gasteiger partial charge in [0, 0.05) is 17.6 Å². The maximum atomic E-state index is 12.4. The van der Waals surface area contributed by atoms with Crippen molar-refractivity contribution in [1.82, 2.24) is 5.32 Å². The Morgan fingerprint density at radius 3 is 2.38 bits per heavy atom. The smallest absolute Gasteiger partial charge is 0.251 e. The number of hydrogen-bond acceptors (Lipinski definition) is 2. The van der Waals surface area contributed by atoms with Gasteiger partial charge in [0.1, 0.15) is 6.04 Å². The zero-order valence-corrected chi connectivity index (χ0v) is 12.2. The molecule has 0 heterocycles. The van der Waals surface area contributed by atoms with E-state index in [-0.39, 0.29) is 11.8 Å². The zero-order chi connectivity index (χ0) is 15.2. The van der Waals surface area contributed by atoms with Crippen LogP contribution in [0.3, 0.4) is 0 Å². The molecule has 0 bridgehead atoms. The SMILES string of the molecule is CC(=O)NC(C(=O)Nc1cccc(Cl)c1)c1ccccc1. The molecule has 0 aliphatic carbocycles. The molecule has 0 aromatic heterocycles. The summed E-state index contributed by atoms with van der Waals surface area (Å²) >= 11 is 5.89. The Kier molecular flexibility index (Phi) is 4.95. The van der Waals surface area contributed by atoms with Gasteiger partial charge < -0.3 is 10.6 Å². The van der Waals surface area contributed by atoms with Crippen molar-refractivity contribution in [3.8, 4) is 0 Å². The molecule has 4 nitrogen and oxygen atoms in total. The summed E-state index contributed by atoms with van der Waals surface area (Å²) in [6.45, 7) is 1.38. The quantitative estimate of drug-likeness (QED) is 0.911. The largest absolute Gasteiger partial charge is 0.341 e. The molecule has 0 spiro atoms. The van der Waals surface area contributed by atoms with Gasteiger partial charge in [-0.25, -0.2) is 0 Å². The zero-order valence-electron chi connectivity index (χ0n) is 11.5. The van der Waals surface area contributed by atoms with E-state index in [4.69, 9.17) is 11.6 Å². The van der Waals surface area contributed by atoms with Crippen LogP contribution in [0.1, 0.15) is 18.5 Å². The lowest BCUT2D eigenvalue weighted by Crippen LogP contribution is -2.35. The van der Waals surface area contributed by atoms with E-state index in [1.54, 1.807) is 36.4 Å². The molecule has 21 heavy (non-hydrogen) atoms. The third-order valence-corrected chi connectivity index (χ3v) is 3.07. The van der Waals surface area contributed by atoms with E-state index in [9.17, 15) is 9.59 Å². The lowest BCUT2D eigenvalue weighted by molar-refractivity contribution is -0.125. The molecule has 2 rings (SSSR count). The molecule has 2 aromatic rings. The summed E-state index contributed by atoms with van der Waals surface area (Å²) in [5, 5.41) is 5.93. The third kappa shape index (κ3) is 4.33. The summed E-state index contributed by atoms with van der Waals surface area (Å²) in [7, 11) is 0. The molecule has 1 atom stereocenters. The highest BCUT2D eigenvalue weighted by Gasteiger charge is 2.21. The number of benzene rings is 2. The van der Waals surface area contributed by atoms with Crippen molar-refractivity contribution in [2.24, 2.45) is 0 Å². The number of anilines is 1. The van der Waals surface area contributed by atoms with E-state index in [0.29, 0.717) is 16.3 Å². The number of rotatable bonds is 4. The average Bonchev–Trinajstić information content (AvgIpc) is 2.45. The number of carbonyl (C=O) groups is 2. The molecule has 0 aliphatic rings. The summed E-state index contributed by atoms with van der Waals surface area (Å²) in [5.74, 6) is -0.594. The Balaban J connectivity index is 2.20. The minimum absolute atomic E-state index is 0.273. The molecule has 2 N–H and O–H groups in total. The van der Waals surface area contributed by atoms with E-state index in [0.717, 1.165) is 0 Å². The summed E-state index contributed by atoms with van der Waals surface area (Å²) in [4.78, 5) is 23.7. The first-order chi connectivity index (χ1) is 10.1. The van der Waals surface area contributed by atoms with Crippen molar-refractivity contribution in [2.45, 2.75) is 13.0 Å². The van der Waals surface area contributed by atoms with Gasteiger partial charge in [0.15, 0.2) is 0 Å². The summed E-state index contributed by atoms with van der Waals surface area (Å²) in [6, 6.07) is 15.2. The molecule has 0 fully saturated rings. The molecular weight excluding hydrogens is 288 g/mol. The summed E-state index contributed by atoms with van der Waals surface area (Å²) in [5.41, 5.74) is 1.30. The number of nitrogens with one attached hydrogen (secondary N) is 2. The summed E-state index contributed by atoms with van der Waals surface area (Å²) < 4.78 is 0. The molecule has 2 aromatic carbocycles. The van der Waals surface area contributed by atoms with Crippen LogP contribution in [0, 0.1) is 0 Å². The van der Waals surface area contributed by atoms with Crippen LogP contribution in [-0.4, -0.2) is 11.8 Å². The molecule has 5 heteroatoms. The Morgan fingerprint density at radius 1 is 1.05 bits per heavy atom. The molecule has 0 radical (unpaired) electrons. The second-order valence-corrected chi connectivity index (χ2v) is 4.98. The lowest BCUT2D eigenvalue weighted by Gasteiger charge is -2.18. The van der Waals surface area contributed by atoms with Gasteiger partial charge in [0.05, 0.1) is 0 Å². The third-order valence-electron chi connectivity index (χ3n) is 2.83. The Bertz CT molecular complexity index is 644. The van der Waals surface area contributed by atoms with Crippen LogP contribution in [0.25, 0.3) is 0 Å². The first kappa shape index (κ1) is 15.1. The van der Waals surface area contributed by atoms with Gasteiger partial charge >= 0.3 is 0 Å². The Labute approximate surface area is 128 Å². The topological polar surface area (TPSA) is 58.2 Å². The van der Waals surface area contributed by atoms with Crippen molar-refractivity contribution in [2.75, 3.05) is 5.32 Å². The predicted octanol–water partition coefficient (Wildman–Crippen LogP) is 3.16. The Hall–Kier alpha value is -2.33. The second kappa shape index (κ2) is 6.90. The van der Waals surface area contributed by atoms with Crippen LogP contribution in [-0.2, 0) is 9.59 Å². The fraction of sp³-hybridized carbons (Fsp3) is 0.125. The highest BCUT2D eigenvalue weighted by atomic mass is 35.5. The molecular formula is C16H15ClN2O2. The first-order valence-electron chi connectivity index (χ1n) is 6.45. The van der Waals surface area contributed by atoms with Crippen LogP contribution in [0.15, 0.2) is 54.6 Å². The monoisotopic (exact) mass is 302 g/mol. The average molecular weight is 303 g/mol. The first-order valence-corrected chi connectivity index (χ1v) is 6.82. The van der Waals surface area contributed by atoms with Gasteiger partial charge in [0.25, 0.3) is 5.91 Å². The van der Waals surface area contributed by atoms with Gasteiger partial charge in [-0.2, -0.15) is 0 Å². The van der Waals surface area contributed by atoms with Crippen LogP contribution in [0.4, 0.5) is 5.69 Å². The van der Waals surface area contributed by atoms with Crippen molar-refractivity contribution >= 4 is 29.1 Å². The van der Waals surface area contributed by atoms with Crippen LogP contribution in [0.2, 0.25) is 5.02 Å². The lowest BCUT2D eigenvalue weighted by atomic mass is 10.1. The van der Waals surface area contributed by atoms with Gasteiger partial charge in [0.2, 0.25) is 5.91 Å². The molecule has 1 unspecified atom stereocenters. The van der Waals surface area contributed by atoms with E-state index in [1.807, 2.05) is 18.2 Å². The van der Waals surface area contributed by atoms with Gasteiger partial charge in [-0.05, 0) is 23.8 Å². The fourth-order valence-electron chi connectivity index (χ4n) is 1.93. The van der Waals surface area contributed by atoms with E-state index in [2.05, 4.69) is 10.6 Å². The van der Waals surface area contributed by atoms with E-state index in [1.165, 1.54) is 6.92 Å².